The Morgan fingerprint density at radius 3 is 2.59 bits per heavy atom. The second-order valence-corrected chi connectivity index (χ2v) is 8.72. The number of aromatic nitrogens is 4. The molecule has 0 radical (unpaired) electrons. The van der Waals surface area contributed by atoms with Crippen molar-refractivity contribution in [2.75, 3.05) is 20.1 Å². The Bertz CT molecular complexity index is 1020. The number of rotatable bonds is 8. The van der Waals surface area contributed by atoms with Crippen molar-refractivity contribution in [1.29, 1.82) is 0 Å². The molecule has 0 amide bonds. The SMILES string of the molecule is Cc1ccc(-c2nn(CCCN(C)CC3CC3)c(=S)n2-c2ccc(Cl)cc2)nc1. The van der Waals surface area contributed by atoms with Crippen molar-refractivity contribution in [2.24, 2.45) is 5.92 Å². The number of benzene rings is 1. The lowest BCUT2D eigenvalue weighted by molar-refractivity contribution is 0.306. The van der Waals surface area contributed by atoms with E-state index < -0.39 is 0 Å². The second kappa shape index (κ2) is 8.78. The summed E-state index contributed by atoms with van der Waals surface area (Å²) in [6.45, 7) is 5.06. The van der Waals surface area contributed by atoms with Crippen molar-refractivity contribution < 1.29 is 0 Å². The highest BCUT2D eigenvalue weighted by atomic mass is 35.5. The van der Waals surface area contributed by atoms with Gasteiger partial charge >= 0.3 is 0 Å². The number of hydrogen-bond donors (Lipinski definition) is 0. The van der Waals surface area contributed by atoms with Gasteiger partial charge < -0.3 is 4.90 Å². The van der Waals surface area contributed by atoms with Crippen molar-refractivity contribution in [2.45, 2.75) is 32.7 Å². The number of aryl methyl sites for hydroxylation is 2. The van der Waals surface area contributed by atoms with Crippen LogP contribution in [0.3, 0.4) is 0 Å². The predicted octanol–water partition coefficient (Wildman–Crippen LogP) is 5.16. The highest BCUT2D eigenvalue weighted by molar-refractivity contribution is 7.71. The number of nitrogens with zero attached hydrogens (tertiary/aromatic N) is 5. The average molecular weight is 428 g/mol. The summed E-state index contributed by atoms with van der Waals surface area (Å²) in [6.07, 6.45) is 5.63. The van der Waals surface area contributed by atoms with Gasteiger partial charge in [-0.2, -0.15) is 0 Å². The zero-order chi connectivity index (χ0) is 20.4. The molecule has 1 saturated carbocycles. The zero-order valence-corrected chi connectivity index (χ0v) is 18.5. The fraction of sp³-hybridized carbons (Fsp3) is 0.409. The molecule has 1 aromatic carbocycles. The van der Waals surface area contributed by atoms with Gasteiger partial charge in [0.05, 0.1) is 5.69 Å². The second-order valence-electron chi connectivity index (χ2n) is 7.92. The maximum absolute atomic E-state index is 6.08. The van der Waals surface area contributed by atoms with E-state index in [9.17, 15) is 0 Å². The quantitative estimate of drug-likeness (QED) is 0.465. The van der Waals surface area contributed by atoms with Crippen LogP contribution in [0.15, 0.2) is 42.6 Å². The van der Waals surface area contributed by atoms with Gasteiger partial charge in [0.2, 0.25) is 4.77 Å². The third-order valence-corrected chi connectivity index (χ3v) is 5.89. The molecular weight excluding hydrogens is 402 g/mol. The fourth-order valence-electron chi connectivity index (χ4n) is 3.47. The first-order valence-corrected chi connectivity index (χ1v) is 10.9. The maximum Gasteiger partial charge on any atom is 0.202 e. The van der Waals surface area contributed by atoms with Gasteiger partial charge in [-0.1, -0.05) is 17.7 Å². The summed E-state index contributed by atoms with van der Waals surface area (Å²) in [5.41, 5.74) is 2.86. The van der Waals surface area contributed by atoms with Gasteiger partial charge in [0, 0.05) is 24.3 Å². The van der Waals surface area contributed by atoms with Crippen molar-refractivity contribution in [1.82, 2.24) is 24.2 Å². The first-order chi connectivity index (χ1) is 14.0. The number of hydrogen-bond acceptors (Lipinski definition) is 4. The van der Waals surface area contributed by atoms with E-state index in [1.165, 1.54) is 19.4 Å². The molecule has 0 unspecified atom stereocenters. The topological polar surface area (TPSA) is 38.9 Å². The molecular formula is C22H26ClN5S. The number of pyridine rings is 1. The molecule has 3 aromatic rings. The van der Waals surface area contributed by atoms with E-state index in [1.807, 2.05) is 58.8 Å². The van der Waals surface area contributed by atoms with E-state index in [1.54, 1.807) is 0 Å². The number of halogens is 1. The van der Waals surface area contributed by atoms with Crippen molar-refractivity contribution in [3.05, 3.63) is 58.0 Å². The summed E-state index contributed by atoms with van der Waals surface area (Å²) >= 11 is 11.9. The first-order valence-electron chi connectivity index (χ1n) is 10.1. The smallest absolute Gasteiger partial charge is 0.202 e. The molecule has 7 heteroatoms. The van der Waals surface area contributed by atoms with Gasteiger partial charge in [0.25, 0.3) is 0 Å². The van der Waals surface area contributed by atoms with Crippen molar-refractivity contribution in [3.63, 3.8) is 0 Å². The molecule has 0 bridgehead atoms. The molecule has 0 N–H and O–H groups in total. The van der Waals surface area contributed by atoms with Crippen molar-refractivity contribution >= 4 is 23.8 Å². The summed E-state index contributed by atoms with van der Waals surface area (Å²) in [6, 6.07) is 11.7. The standard InChI is InChI=1S/C22H26ClN5S/c1-16-4-11-20(24-14-16)21-25-27(13-3-12-26(2)15-17-5-6-17)22(29)28(21)19-9-7-18(23)8-10-19/h4,7-11,14,17H,3,5-6,12-13,15H2,1-2H3. The summed E-state index contributed by atoms with van der Waals surface area (Å²) in [5.74, 6) is 1.66. The molecule has 29 heavy (non-hydrogen) atoms. The normalized spacial score (nSPS) is 13.9. The van der Waals surface area contributed by atoms with Gasteiger partial charge in [0.15, 0.2) is 5.82 Å². The first kappa shape index (κ1) is 20.3. The molecule has 0 saturated heterocycles. The van der Waals surface area contributed by atoms with E-state index in [0.717, 1.165) is 48.2 Å². The van der Waals surface area contributed by atoms with Gasteiger partial charge in [-0.3, -0.25) is 9.55 Å². The Labute approximate surface area is 182 Å². The molecule has 0 aliphatic heterocycles. The van der Waals surface area contributed by atoms with Crippen LogP contribution in [0.25, 0.3) is 17.2 Å². The predicted molar refractivity (Wildman–Crippen MR) is 120 cm³/mol. The van der Waals surface area contributed by atoms with Gasteiger partial charge in [-0.25, -0.2) is 4.68 Å². The third kappa shape index (κ3) is 4.94. The fourth-order valence-corrected chi connectivity index (χ4v) is 3.92. The van der Waals surface area contributed by atoms with Crippen LogP contribution in [-0.2, 0) is 6.54 Å². The lowest BCUT2D eigenvalue weighted by Gasteiger charge is -2.15. The van der Waals surface area contributed by atoms with Crippen LogP contribution in [0.2, 0.25) is 5.02 Å². The highest BCUT2D eigenvalue weighted by Crippen LogP contribution is 2.29. The molecule has 4 rings (SSSR count). The Morgan fingerprint density at radius 2 is 1.93 bits per heavy atom. The lowest BCUT2D eigenvalue weighted by atomic mass is 10.2. The van der Waals surface area contributed by atoms with Crippen LogP contribution in [0.5, 0.6) is 0 Å². The summed E-state index contributed by atoms with van der Waals surface area (Å²) in [5, 5.41) is 5.54. The van der Waals surface area contributed by atoms with Crippen LogP contribution in [0.1, 0.15) is 24.8 Å². The van der Waals surface area contributed by atoms with E-state index in [0.29, 0.717) is 9.79 Å². The molecule has 1 fully saturated rings. The average Bonchev–Trinajstić information content (AvgIpc) is 3.46. The Balaban J connectivity index is 1.61. The Hall–Kier alpha value is -2.02. The Morgan fingerprint density at radius 1 is 1.17 bits per heavy atom. The molecule has 0 spiro atoms. The van der Waals surface area contributed by atoms with Gasteiger partial charge in [0.1, 0.15) is 5.69 Å². The van der Waals surface area contributed by atoms with E-state index in [-0.39, 0.29) is 0 Å². The van der Waals surface area contributed by atoms with Crippen LogP contribution in [0.4, 0.5) is 0 Å². The zero-order valence-electron chi connectivity index (χ0n) is 16.9. The maximum atomic E-state index is 6.08. The van der Waals surface area contributed by atoms with Gasteiger partial charge in [-0.15, -0.1) is 5.10 Å². The monoisotopic (exact) mass is 427 g/mol. The third-order valence-electron chi connectivity index (χ3n) is 5.24. The van der Waals surface area contributed by atoms with Crippen LogP contribution >= 0.6 is 23.8 Å². The Kier molecular flexibility index (Phi) is 6.13. The van der Waals surface area contributed by atoms with E-state index >= 15 is 0 Å². The minimum Gasteiger partial charge on any atom is -0.306 e. The molecule has 152 valence electrons. The van der Waals surface area contributed by atoms with Crippen LogP contribution in [0, 0.1) is 17.6 Å². The summed E-state index contributed by atoms with van der Waals surface area (Å²) < 4.78 is 4.58. The van der Waals surface area contributed by atoms with Crippen LogP contribution < -0.4 is 0 Å². The molecule has 5 nitrogen and oxygen atoms in total. The van der Waals surface area contributed by atoms with E-state index in [2.05, 4.69) is 16.9 Å². The van der Waals surface area contributed by atoms with Crippen molar-refractivity contribution in [3.8, 4) is 17.2 Å². The molecule has 1 aliphatic carbocycles. The minimum atomic E-state index is 0.676. The molecule has 2 aromatic heterocycles. The largest absolute Gasteiger partial charge is 0.306 e. The molecule has 2 heterocycles. The van der Waals surface area contributed by atoms with E-state index in [4.69, 9.17) is 28.9 Å². The highest BCUT2D eigenvalue weighted by Gasteiger charge is 2.22. The summed E-state index contributed by atoms with van der Waals surface area (Å²) in [4.78, 5) is 6.99. The van der Waals surface area contributed by atoms with Gasteiger partial charge in [-0.05, 0) is 93.8 Å². The summed E-state index contributed by atoms with van der Waals surface area (Å²) in [7, 11) is 2.20. The molecule has 0 atom stereocenters. The molecule has 1 aliphatic rings. The minimum absolute atomic E-state index is 0.676. The lowest BCUT2D eigenvalue weighted by Crippen LogP contribution is -2.23. The van der Waals surface area contributed by atoms with Crippen LogP contribution in [-0.4, -0.2) is 44.4 Å².